The minimum absolute atomic E-state index is 0. The van der Waals surface area contributed by atoms with Crippen molar-refractivity contribution in [2.45, 2.75) is 65.6 Å². The fourth-order valence-corrected chi connectivity index (χ4v) is 9.93. The van der Waals surface area contributed by atoms with Crippen LogP contribution in [-0.2, 0) is 39.4 Å². The largest absolute Gasteiger partial charge is 0.305 e. The molecule has 8 rings (SSSR count). The molecule has 0 N–H and O–H groups in total. The molecule has 0 aliphatic heterocycles. The summed E-state index contributed by atoms with van der Waals surface area (Å²) in [6, 6.07) is 36.7. The second-order valence-electron chi connectivity index (χ2n) is 14.8. The summed E-state index contributed by atoms with van der Waals surface area (Å²) in [5.41, 5.74) is 10.8. The van der Waals surface area contributed by atoms with Crippen molar-refractivity contribution < 1.29 is 24.5 Å². The van der Waals surface area contributed by atoms with Gasteiger partial charge in [-0.05, 0) is 100 Å². The minimum atomic E-state index is -1.34. The second-order valence-corrected chi connectivity index (χ2v) is 20.9. The SMILES string of the molecule is CC(C)Cc1cc(-c2[c-]cccc2)ncc1[Si](C)(C)C.Fc1ccc(-c2ccc3c(c2)sc2c(-c4nccc5c4CCCC5)[c-]ccc23)cc1.[Ir]. The Labute approximate surface area is 320 Å². The Morgan fingerprint density at radius 1 is 0.824 bits per heavy atom. The number of pyridine rings is 2. The predicted octanol–water partition coefficient (Wildman–Crippen LogP) is 11.9. The van der Waals surface area contributed by atoms with Gasteiger partial charge in [0.15, 0.2) is 0 Å². The van der Waals surface area contributed by atoms with E-state index in [1.54, 1.807) is 11.3 Å². The van der Waals surface area contributed by atoms with Gasteiger partial charge in [0.05, 0.1) is 8.07 Å². The Hall–Kier alpha value is -3.80. The maximum absolute atomic E-state index is 13.3. The molecule has 7 aromatic rings. The van der Waals surface area contributed by atoms with Crippen molar-refractivity contribution in [1.29, 1.82) is 0 Å². The van der Waals surface area contributed by atoms with Gasteiger partial charge in [-0.25, -0.2) is 4.39 Å². The molecule has 0 bridgehead atoms. The van der Waals surface area contributed by atoms with Crippen LogP contribution in [0.3, 0.4) is 0 Å². The van der Waals surface area contributed by atoms with Crippen molar-refractivity contribution in [2.24, 2.45) is 5.92 Å². The predicted molar refractivity (Wildman–Crippen MR) is 213 cm³/mol. The first kappa shape index (κ1) is 37.0. The summed E-state index contributed by atoms with van der Waals surface area (Å²) in [5.74, 6) is 0.459. The molecule has 0 fully saturated rings. The van der Waals surface area contributed by atoms with E-state index in [0.29, 0.717) is 5.92 Å². The quantitative estimate of drug-likeness (QED) is 0.123. The zero-order valence-electron chi connectivity index (χ0n) is 29.9. The van der Waals surface area contributed by atoms with Crippen LogP contribution in [0.2, 0.25) is 19.6 Å². The number of aryl methyl sites for hydroxylation is 1. The van der Waals surface area contributed by atoms with Gasteiger partial charge in [0.1, 0.15) is 5.82 Å². The zero-order valence-corrected chi connectivity index (χ0v) is 34.2. The molecule has 261 valence electrons. The minimum Gasteiger partial charge on any atom is -0.305 e. The van der Waals surface area contributed by atoms with Crippen molar-refractivity contribution in [2.75, 3.05) is 0 Å². The number of thiophene rings is 1. The number of hydrogen-bond acceptors (Lipinski definition) is 3. The van der Waals surface area contributed by atoms with Crippen molar-refractivity contribution in [3.63, 3.8) is 0 Å². The number of aromatic nitrogens is 2. The summed E-state index contributed by atoms with van der Waals surface area (Å²) >= 11 is 1.80. The van der Waals surface area contributed by atoms with E-state index in [2.05, 4.69) is 99.3 Å². The Morgan fingerprint density at radius 3 is 2.35 bits per heavy atom. The normalized spacial score (nSPS) is 12.7. The molecule has 1 radical (unpaired) electrons. The first-order valence-electron chi connectivity index (χ1n) is 17.7. The number of fused-ring (bicyclic) bond motifs is 4. The van der Waals surface area contributed by atoms with Crippen LogP contribution < -0.4 is 5.19 Å². The number of hydrogen-bond donors (Lipinski definition) is 0. The smallest absolute Gasteiger partial charge is 0.123 e. The van der Waals surface area contributed by atoms with Crippen molar-refractivity contribution in [1.82, 2.24) is 9.97 Å². The van der Waals surface area contributed by atoms with Gasteiger partial charge in [0.2, 0.25) is 0 Å². The fourth-order valence-electron chi connectivity index (χ4n) is 7.10. The number of halogens is 1. The molecule has 1 aliphatic rings. The third-order valence-corrected chi connectivity index (χ3v) is 12.8. The number of benzene rings is 4. The van der Waals surface area contributed by atoms with E-state index in [4.69, 9.17) is 4.98 Å². The third kappa shape index (κ3) is 8.15. The Balaban J connectivity index is 0.000000188. The van der Waals surface area contributed by atoms with Crippen LogP contribution in [0.1, 0.15) is 43.4 Å². The molecule has 6 heteroatoms. The Morgan fingerprint density at radius 2 is 1.61 bits per heavy atom. The average molecular weight is 883 g/mol. The topological polar surface area (TPSA) is 25.8 Å². The van der Waals surface area contributed by atoms with Crippen LogP contribution >= 0.6 is 11.3 Å². The van der Waals surface area contributed by atoms with Gasteiger partial charge < -0.3 is 9.97 Å². The van der Waals surface area contributed by atoms with Crippen molar-refractivity contribution in [3.05, 3.63) is 138 Å². The van der Waals surface area contributed by atoms with Gasteiger partial charge >= 0.3 is 0 Å². The molecule has 3 heterocycles. The molecular formula is C45H43FIrN2SSi-2. The van der Waals surface area contributed by atoms with Crippen LogP contribution in [0.5, 0.6) is 0 Å². The van der Waals surface area contributed by atoms with Crippen LogP contribution in [0.15, 0.2) is 103 Å². The standard InChI is InChI=1S/C27H19FNS.C18H24NSi.Ir/c28-20-11-8-17(9-12-20)19-10-13-22-23-6-3-7-24(27(23)30-25(22)16-19)26-21-5-2-1-4-18(21)14-15-29-26;1-14(2)11-16-12-17(15-9-7-6-8-10-15)19-13-18(16)20(3,4)5;/h3,6,8-16H,1-2,4-5H2;6-9,12-14H,11H2,1-5H3;/q2*-1;. The summed E-state index contributed by atoms with van der Waals surface area (Å²) in [4.78, 5) is 9.48. The van der Waals surface area contributed by atoms with Crippen LogP contribution in [0.25, 0.3) is 53.8 Å². The van der Waals surface area contributed by atoms with Crippen LogP contribution in [0, 0.1) is 23.9 Å². The average Bonchev–Trinajstić information content (AvgIpc) is 3.50. The summed E-state index contributed by atoms with van der Waals surface area (Å²) in [5, 5.41) is 4.00. The molecule has 1 aliphatic carbocycles. The molecule has 0 saturated heterocycles. The monoisotopic (exact) mass is 883 g/mol. The van der Waals surface area contributed by atoms with Gasteiger partial charge in [-0.3, -0.25) is 0 Å². The molecule has 4 aromatic carbocycles. The summed E-state index contributed by atoms with van der Waals surface area (Å²) in [6.07, 6.45) is 9.93. The van der Waals surface area contributed by atoms with E-state index in [1.165, 1.54) is 67.0 Å². The molecule has 0 atom stereocenters. The molecule has 0 saturated carbocycles. The van der Waals surface area contributed by atoms with E-state index >= 15 is 0 Å². The maximum Gasteiger partial charge on any atom is 0.123 e. The molecule has 0 amide bonds. The fraction of sp³-hybridized carbons (Fsp3) is 0.244. The van der Waals surface area contributed by atoms with Crippen LogP contribution in [0.4, 0.5) is 4.39 Å². The van der Waals surface area contributed by atoms with Gasteiger partial charge in [-0.1, -0.05) is 85.9 Å². The van der Waals surface area contributed by atoms with E-state index in [-0.39, 0.29) is 25.9 Å². The summed E-state index contributed by atoms with van der Waals surface area (Å²) in [7, 11) is -1.34. The molecule has 51 heavy (non-hydrogen) atoms. The number of nitrogens with zero attached hydrogens (tertiary/aromatic N) is 2. The second kappa shape index (κ2) is 15.8. The van der Waals surface area contributed by atoms with Gasteiger partial charge in [0.25, 0.3) is 0 Å². The van der Waals surface area contributed by atoms with E-state index in [9.17, 15) is 4.39 Å². The van der Waals surface area contributed by atoms with Gasteiger partial charge in [0, 0.05) is 37.2 Å². The first-order chi connectivity index (χ1) is 24.2. The van der Waals surface area contributed by atoms with E-state index < -0.39 is 8.07 Å². The Bertz CT molecular complexity index is 2270. The number of rotatable bonds is 6. The third-order valence-electron chi connectivity index (χ3n) is 9.53. The van der Waals surface area contributed by atoms with Gasteiger partial charge in [-0.2, -0.15) is 11.3 Å². The van der Waals surface area contributed by atoms with Gasteiger partial charge in [-0.15, -0.1) is 59.7 Å². The van der Waals surface area contributed by atoms with E-state index in [0.717, 1.165) is 52.9 Å². The van der Waals surface area contributed by atoms with Crippen LogP contribution in [-0.4, -0.2) is 18.0 Å². The molecule has 2 nitrogen and oxygen atoms in total. The molecule has 0 unspecified atom stereocenters. The maximum atomic E-state index is 13.3. The molecular weight excluding hydrogens is 840 g/mol. The van der Waals surface area contributed by atoms with E-state index in [1.807, 2.05) is 42.6 Å². The molecule has 0 spiro atoms. The first-order valence-corrected chi connectivity index (χ1v) is 22.0. The molecule has 3 aromatic heterocycles. The zero-order chi connectivity index (χ0) is 34.8. The Kier molecular flexibility index (Phi) is 11.5. The summed E-state index contributed by atoms with van der Waals surface area (Å²) in [6.45, 7) is 11.7. The van der Waals surface area contributed by atoms with Crippen molar-refractivity contribution in [3.8, 4) is 33.6 Å². The summed E-state index contributed by atoms with van der Waals surface area (Å²) < 4.78 is 15.8. The van der Waals surface area contributed by atoms with Crippen molar-refractivity contribution >= 4 is 44.8 Å².